The molecule has 0 bridgehead atoms. The van der Waals surface area contributed by atoms with Crippen molar-refractivity contribution in [3.05, 3.63) is 59.2 Å². The fourth-order valence-corrected chi connectivity index (χ4v) is 5.93. The molecule has 3 saturated heterocycles. The quantitative estimate of drug-likeness (QED) is 0.564. The summed E-state index contributed by atoms with van der Waals surface area (Å²) >= 11 is 0. The Morgan fingerprint density at radius 1 is 1.00 bits per heavy atom. The van der Waals surface area contributed by atoms with E-state index >= 15 is 0 Å². The topological polar surface area (TPSA) is 107 Å². The van der Waals surface area contributed by atoms with Crippen molar-refractivity contribution < 1.29 is 33.3 Å². The highest BCUT2D eigenvalue weighted by atomic mass is 16.5. The van der Waals surface area contributed by atoms with Gasteiger partial charge in [-0.15, -0.1) is 0 Å². The number of likely N-dealkylation sites (tertiary alicyclic amines) is 1. The summed E-state index contributed by atoms with van der Waals surface area (Å²) in [6.07, 6.45) is 2.59. The van der Waals surface area contributed by atoms with Gasteiger partial charge >= 0.3 is 0 Å². The Bertz CT molecular complexity index is 1230. The van der Waals surface area contributed by atoms with Crippen molar-refractivity contribution in [2.75, 3.05) is 47.1 Å². The van der Waals surface area contributed by atoms with Gasteiger partial charge in [0.25, 0.3) is 11.8 Å². The third-order valence-electron chi connectivity index (χ3n) is 8.16. The number of piperidine rings is 1. The van der Waals surface area contributed by atoms with Crippen molar-refractivity contribution in [3.8, 4) is 11.5 Å². The Labute approximate surface area is 234 Å². The molecule has 1 spiro atoms. The van der Waals surface area contributed by atoms with Crippen LogP contribution in [0.1, 0.15) is 52.0 Å². The van der Waals surface area contributed by atoms with Gasteiger partial charge in [0.1, 0.15) is 28.8 Å². The molecule has 0 radical (unpaired) electrons. The van der Waals surface area contributed by atoms with Crippen molar-refractivity contribution in [3.63, 3.8) is 0 Å². The van der Waals surface area contributed by atoms with Gasteiger partial charge in [0.2, 0.25) is 5.91 Å². The molecular weight excluding hydrogens is 514 g/mol. The van der Waals surface area contributed by atoms with Crippen LogP contribution in [0.5, 0.6) is 11.5 Å². The van der Waals surface area contributed by atoms with E-state index in [4.69, 9.17) is 18.9 Å². The summed E-state index contributed by atoms with van der Waals surface area (Å²) in [6.45, 7) is 3.74. The summed E-state index contributed by atoms with van der Waals surface area (Å²) in [7, 11) is 3.03. The van der Waals surface area contributed by atoms with Crippen molar-refractivity contribution >= 4 is 17.7 Å². The minimum absolute atomic E-state index is 0.0121. The van der Waals surface area contributed by atoms with Crippen LogP contribution in [-0.2, 0) is 14.3 Å². The van der Waals surface area contributed by atoms with Crippen molar-refractivity contribution in [2.24, 2.45) is 0 Å². The van der Waals surface area contributed by atoms with Gasteiger partial charge in [0.05, 0.1) is 26.9 Å². The molecule has 3 heterocycles. The van der Waals surface area contributed by atoms with Gasteiger partial charge in [-0.3, -0.25) is 19.3 Å². The lowest BCUT2D eigenvalue weighted by Gasteiger charge is -2.44. The normalized spacial score (nSPS) is 21.9. The van der Waals surface area contributed by atoms with Crippen molar-refractivity contribution in [1.82, 2.24) is 15.1 Å². The van der Waals surface area contributed by atoms with Gasteiger partial charge in [-0.1, -0.05) is 24.3 Å². The highest BCUT2D eigenvalue weighted by Crippen LogP contribution is 2.40. The molecule has 1 N–H and O–H groups in total. The molecule has 3 aliphatic heterocycles. The Morgan fingerprint density at radius 2 is 1.70 bits per heavy atom. The first-order valence-corrected chi connectivity index (χ1v) is 13.8. The molecule has 214 valence electrons. The molecule has 10 heteroatoms. The first-order chi connectivity index (χ1) is 19.4. The number of methoxy groups -OCH3 is 2. The van der Waals surface area contributed by atoms with Crippen molar-refractivity contribution in [2.45, 2.75) is 50.5 Å². The fourth-order valence-electron chi connectivity index (χ4n) is 5.93. The molecule has 2 aromatic rings. The Balaban J connectivity index is 1.38. The lowest BCUT2D eigenvalue weighted by Crippen LogP contribution is -2.60. The molecule has 0 unspecified atom stereocenters. The second-order valence-corrected chi connectivity index (χ2v) is 10.5. The number of rotatable bonds is 7. The SMILES string of the molecule is COc1cccc(OC)c1C(=O)N1CCC2(CC1)OC[C@H](C(=O)NC[C@H]1CCCO1)N2C(=O)c1ccccc1C. The van der Waals surface area contributed by atoms with E-state index in [1.807, 2.05) is 25.1 Å². The third kappa shape index (κ3) is 5.25. The predicted octanol–water partition coefficient (Wildman–Crippen LogP) is 2.78. The van der Waals surface area contributed by atoms with E-state index < -0.39 is 11.8 Å². The molecule has 3 amide bonds. The van der Waals surface area contributed by atoms with Gasteiger partial charge in [0.15, 0.2) is 0 Å². The Kier molecular flexibility index (Phi) is 8.27. The molecule has 2 atom stereocenters. The van der Waals surface area contributed by atoms with Crippen LogP contribution in [0.4, 0.5) is 0 Å². The zero-order valence-electron chi connectivity index (χ0n) is 23.3. The second-order valence-electron chi connectivity index (χ2n) is 10.5. The minimum atomic E-state index is -1.01. The molecule has 3 fully saturated rings. The first kappa shape index (κ1) is 27.9. The zero-order chi connectivity index (χ0) is 28.3. The Hall–Kier alpha value is -3.63. The number of carbonyl (C=O) groups is 3. The largest absolute Gasteiger partial charge is 0.496 e. The average Bonchev–Trinajstić information content (AvgIpc) is 3.64. The second kappa shape index (κ2) is 11.9. The predicted molar refractivity (Wildman–Crippen MR) is 146 cm³/mol. The van der Waals surface area contributed by atoms with E-state index in [1.54, 1.807) is 34.1 Å². The van der Waals surface area contributed by atoms with E-state index in [0.29, 0.717) is 61.7 Å². The molecule has 2 aromatic carbocycles. The summed E-state index contributed by atoms with van der Waals surface area (Å²) in [5, 5.41) is 2.98. The van der Waals surface area contributed by atoms with Crippen LogP contribution in [0.15, 0.2) is 42.5 Å². The van der Waals surface area contributed by atoms with E-state index in [-0.39, 0.29) is 30.4 Å². The van der Waals surface area contributed by atoms with Crippen LogP contribution >= 0.6 is 0 Å². The van der Waals surface area contributed by atoms with Gasteiger partial charge in [-0.2, -0.15) is 0 Å². The number of carbonyl (C=O) groups excluding carboxylic acids is 3. The van der Waals surface area contributed by atoms with Gasteiger partial charge in [-0.05, 0) is 43.5 Å². The fraction of sp³-hybridized carbons (Fsp3) is 0.500. The molecule has 0 aliphatic carbocycles. The summed E-state index contributed by atoms with van der Waals surface area (Å²) in [5.74, 6) is 0.137. The van der Waals surface area contributed by atoms with Gasteiger partial charge < -0.3 is 29.2 Å². The monoisotopic (exact) mass is 551 g/mol. The number of benzene rings is 2. The molecule has 10 nitrogen and oxygen atoms in total. The molecule has 0 saturated carbocycles. The van der Waals surface area contributed by atoms with E-state index in [0.717, 1.165) is 18.4 Å². The summed E-state index contributed by atoms with van der Waals surface area (Å²) < 4.78 is 22.9. The number of nitrogens with zero attached hydrogens (tertiary/aromatic N) is 2. The number of hydrogen-bond acceptors (Lipinski definition) is 7. The number of nitrogens with one attached hydrogen (secondary N) is 1. The van der Waals surface area contributed by atoms with Crippen molar-refractivity contribution in [1.29, 1.82) is 0 Å². The molecule has 5 rings (SSSR count). The van der Waals surface area contributed by atoms with Crippen LogP contribution in [0.2, 0.25) is 0 Å². The third-order valence-corrected chi connectivity index (χ3v) is 8.16. The highest BCUT2D eigenvalue weighted by molar-refractivity contribution is 6.01. The molecular formula is C30H37N3O7. The standard InChI is InChI=1S/C30H37N3O7/c1-20-8-4-5-10-22(20)28(35)33-23(27(34)31-18-21-9-7-17-39-21)19-40-30(33)13-15-32(16-14-30)29(36)26-24(37-2)11-6-12-25(26)38-3/h4-6,8,10-12,21,23H,7,9,13-19H2,1-3H3,(H,31,34)/t21-,23-/m1/s1. The Morgan fingerprint density at radius 3 is 2.33 bits per heavy atom. The van der Waals surface area contributed by atoms with Gasteiger partial charge in [-0.25, -0.2) is 0 Å². The maximum Gasteiger partial charge on any atom is 0.261 e. The molecule has 3 aliphatic rings. The zero-order valence-corrected chi connectivity index (χ0v) is 23.3. The summed E-state index contributed by atoms with van der Waals surface area (Å²) in [4.78, 5) is 44.4. The lowest BCUT2D eigenvalue weighted by molar-refractivity contribution is -0.128. The first-order valence-electron chi connectivity index (χ1n) is 13.8. The minimum Gasteiger partial charge on any atom is -0.496 e. The van der Waals surface area contributed by atoms with E-state index in [1.165, 1.54) is 14.2 Å². The summed E-state index contributed by atoms with van der Waals surface area (Å²) in [5.41, 5.74) is 0.702. The van der Waals surface area contributed by atoms with Crippen LogP contribution < -0.4 is 14.8 Å². The average molecular weight is 552 g/mol. The van der Waals surface area contributed by atoms with Crippen LogP contribution in [0, 0.1) is 6.92 Å². The molecule has 40 heavy (non-hydrogen) atoms. The molecule has 0 aromatic heterocycles. The maximum atomic E-state index is 14.0. The van der Waals surface area contributed by atoms with Gasteiger partial charge in [0, 0.05) is 44.6 Å². The van der Waals surface area contributed by atoms with Crippen LogP contribution in [-0.4, -0.2) is 92.5 Å². The number of ether oxygens (including phenoxy) is 4. The highest BCUT2D eigenvalue weighted by Gasteiger charge is 2.54. The van der Waals surface area contributed by atoms with E-state index in [9.17, 15) is 14.4 Å². The number of amides is 3. The maximum absolute atomic E-state index is 14.0. The smallest absolute Gasteiger partial charge is 0.261 e. The van der Waals surface area contributed by atoms with Crippen LogP contribution in [0.3, 0.4) is 0 Å². The number of hydrogen-bond donors (Lipinski definition) is 1. The summed E-state index contributed by atoms with van der Waals surface area (Å²) in [6, 6.07) is 11.8. The number of aryl methyl sites for hydroxylation is 1. The van der Waals surface area contributed by atoms with Crippen LogP contribution in [0.25, 0.3) is 0 Å². The van der Waals surface area contributed by atoms with E-state index in [2.05, 4.69) is 5.32 Å². The lowest BCUT2D eigenvalue weighted by atomic mass is 9.95.